The van der Waals surface area contributed by atoms with Crippen LogP contribution in [0.1, 0.15) is 11.1 Å². The van der Waals surface area contributed by atoms with Crippen LogP contribution in [0.2, 0.25) is 5.02 Å². The molecule has 1 aliphatic heterocycles. The Hall–Kier alpha value is -2.77. The fourth-order valence-electron chi connectivity index (χ4n) is 2.59. The van der Waals surface area contributed by atoms with Gasteiger partial charge in [-0.25, -0.2) is 0 Å². The minimum absolute atomic E-state index is 0.179. The normalized spacial score (nSPS) is 15.3. The summed E-state index contributed by atoms with van der Waals surface area (Å²) in [7, 11) is 0. The number of benzene rings is 2. The van der Waals surface area contributed by atoms with E-state index in [1.165, 1.54) is 0 Å². The summed E-state index contributed by atoms with van der Waals surface area (Å²) in [6, 6.07) is 13.6. The van der Waals surface area contributed by atoms with Crippen LogP contribution < -0.4 is 5.32 Å². The summed E-state index contributed by atoms with van der Waals surface area (Å²) < 4.78 is 0. The van der Waals surface area contributed by atoms with Crippen LogP contribution in [-0.4, -0.2) is 40.1 Å². The monoisotopic (exact) mass is 416 g/mol. The van der Waals surface area contributed by atoms with E-state index in [-0.39, 0.29) is 17.2 Å². The lowest BCUT2D eigenvalue weighted by molar-refractivity contribution is -0.129. The standard InChI is InChI=1S/C20H17ClN2O4S/c21-15-3-1-2-14(10-15)11-17-19(26)23(20(27)28-17)12-18(25)22-9-8-13-4-6-16(24)7-5-13/h1-7,10-11,24H,8-9,12H2,(H,22,25). The number of phenolic OH excluding ortho intramolecular Hbond substituents is 1. The van der Waals surface area contributed by atoms with Gasteiger partial charge in [-0.15, -0.1) is 0 Å². The lowest BCUT2D eigenvalue weighted by Gasteiger charge is -2.12. The SMILES string of the molecule is O=C(CN1C(=O)SC(=Cc2cccc(Cl)c2)C1=O)NCCc1ccc(O)cc1. The van der Waals surface area contributed by atoms with E-state index in [4.69, 9.17) is 11.6 Å². The molecule has 6 nitrogen and oxygen atoms in total. The van der Waals surface area contributed by atoms with Crippen molar-refractivity contribution in [3.05, 3.63) is 69.6 Å². The van der Waals surface area contributed by atoms with Crippen LogP contribution >= 0.6 is 23.4 Å². The highest BCUT2D eigenvalue weighted by Gasteiger charge is 2.36. The molecule has 0 radical (unpaired) electrons. The second kappa shape index (κ2) is 8.95. The topological polar surface area (TPSA) is 86.7 Å². The number of rotatable bonds is 6. The first-order valence-corrected chi connectivity index (χ1v) is 9.67. The molecule has 0 spiro atoms. The molecule has 28 heavy (non-hydrogen) atoms. The summed E-state index contributed by atoms with van der Waals surface area (Å²) in [5.74, 6) is -0.730. The van der Waals surface area contributed by atoms with Crippen molar-refractivity contribution < 1.29 is 19.5 Å². The summed E-state index contributed by atoms with van der Waals surface area (Å²) in [4.78, 5) is 37.8. The average Bonchev–Trinajstić information content (AvgIpc) is 2.91. The molecule has 2 aromatic rings. The van der Waals surface area contributed by atoms with E-state index in [0.29, 0.717) is 23.6 Å². The van der Waals surface area contributed by atoms with E-state index in [0.717, 1.165) is 22.2 Å². The van der Waals surface area contributed by atoms with Gasteiger partial charge in [-0.3, -0.25) is 19.3 Å². The number of amides is 3. The third-order valence-electron chi connectivity index (χ3n) is 3.99. The molecular formula is C20H17ClN2O4S. The van der Waals surface area contributed by atoms with Crippen molar-refractivity contribution in [2.75, 3.05) is 13.1 Å². The molecule has 0 bridgehead atoms. The first-order chi connectivity index (χ1) is 13.4. The largest absolute Gasteiger partial charge is 0.508 e. The van der Waals surface area contributed by atoms with Crippen molar-refractivity contribution in [2.45, 2.75) is 6.42 Å². The highest BCUT2D eigenvalue weighted by molar-refractivity contribution is 8.18. The predicted molar refractivity (Wildman–Crippen MR) is 109 cm³/mol. The van der Waals surface area contributed by atoms with E-state index in [1.807, 2.05) is 0 Å². The van der Waals surface area contributed by atoms with Crippen LogP contribution in [0, 0.1) is 0 Å². The Bertz CT molecular complexity index is 943. The first-order valence-electron chi connectivity index (χ1n) is 8.48. The molecule has 0 aromatic heterocycles. The van der Waals surface area contributed by atoms with Gasteiger partial charge in [0.2, 0.25) is 5.91 Å². The lowest BCUT2D eigenvalue weighted by atomic mass is 10.1. The van der Waals surface area contributed by atoms with Crippen molar-refractivity contribution in [3.8, 4) is 5.75 Å². The van der Waals surface area contributed by atoms with Crippen LogP contribution in [0.5, 0.6) is 5.75 Å². The van der Waals surface area contributed by atoms with Gasteiger partial charge in [0.1, 0.15) is 12.3 Å². The Morgan fingerprint density at radius 3 is 2.64 bits per heavy atom. The number of hydrogen-bond donors (Lipinski definition) is 2. The maximum Gasteiger partial charge on any atom is 0.294 e. The maximum absolute atomic E-state index is 12.4. The number of phenols is 1. The van der Waals surface area contributed by atoms with Crippen molar-refractivity contribution >= 4 is 46.5 Å². The molecule has 1 aliphatic rings. The molecule has 0 atom stereocenters. The van der Waals surface area contributed by atoms with Gasteiger partial charge in [-0.05, 0) is 59.7 Å². The third-order valence-corrected chi connectivity index (χ3v) is 5.14. The number of hydrogen-bond acceptors (Lipinski definition) is 5. The van der Waals surface area contributed by atoms with E-state index in [2.05, 4.69) is 5.32 Å². The van der Waals surface area contributed by atoms with Gasteiger partial charge in [0, 0.05) is 11.6 Å². The van der Waals surface area contributed by atoms with Crippen LogP contribution in [0.15, 0.2) is 53.4 Å². The van der Waals surface area contributed by atoms with Crippen LogP contribution in [-0.2, 0) is 16.0 Å². The number of thioether (sulfide) groups is 1. The molecule has 3 rings (SSSR count). The van der Waals surface area contributed by atoms with Gasteiger partial charge in [-0.2, -0.15) is 0 Å². The molecule has 3 amide bonds. The second-order valence-corrected chi connectivity index (χ2v) is 7.52. The molecule has 8 heteroatoms. The van der Waals surface area contributed by atoms with Gasteiger partial charge >= 0.3 is 0 Å². The van der Waals surface area contributed by atoms with Crippen LogP contribution in [0.3, 0.4) is 0 Å². The molecule has 0 unspecified atom stereocenters. The van der Waals surface area contributed by atoms with E-state index >= 15 is 0 Å². The van der Waals surface area contributed by atoms with Crippen molar-refractivity contribution in [1.29, 1.82) is 0 Å². The summed E-state index contributed by atoms with van der Waals surface area (Å²) in [6.07, 6.45) is 2.15. The number of nitrogens with one attached hydrogen (secondary N) is 1. The van der Waals surface area contributed by atoms with Crippen molar-refractivity contribution in [1.82, 2.24) is 10.2 Å². The quantitative estimate of drug-likeness (QED) is 0.704. The van der Waals surface area contributed by atoms with Gasteiger partial charge in [-0.1, -0.05) is 35.9 Å². The fraction of sp³-hybridized carbons (Fsp3) is 0.150. The van der Waals surface area contributed by atoms with Crippen LogP contribution in [0.25, 0.3) is 6.08 Å². The highest BCUT2D eigenvalue weighted by Crippen LogP contribution is 2.32. The highest BCUT2D eigenvalue weighted by atomic mass is 35.5. The maximum atomic E-state index is 12.4. The van der Waals surface area contributed by atoms with E-state index in [9.17, 15) is 19.5 Å². The molecule has 2 aromatic carbocycles. The fourth-order valence-corrected chi connectivity index (χ4v) is 3.63. The second-order valence-electron chi connectivity index (χ2n) is 6.09. The molecule has 144 valence electrons. The zero-order valence-corrected chi connectivity index (χ0v) is 16.3. The Morgan fingerprint density at radius 2 is 1.93 bits per heavy atom. The van der Waals surface area contributed by atoms with E-state index < -0.39 is 17.1 Å². The predicted octanol–water partition coefficient (Wildman–Crippen LogP) is 3.44. The Labute approximate surface area is 171 Å². The lowest BCUT2D eigenvalue weighted by Crippen LogP contribution is -2.40. The molecule has 2 N–H and O–H groups in total. The summed E-state index contributed by atoms with van der Waals surface area (Å²) >= 11 is 6.73. The third kappa shape index (κ3) is 5.15. The number of carbonyl (C=O) groups is 3. The molecule has 1 saturated heterocycles. The van der Waals surface area contributed by atoms with Crippen molar-refractivity contribution in [3.63, 3.8) is 0 Å². The van der Waals surface area contributed by atoms with Gasteiger partial charge < -0.3 is 10.4 Å². The number of nitrogens with zero attached hydrogens (tertiary/aromatic N) is 1. The minimum Gasteiger partial charge on any atom is -0.508 e. The number of aromatic hydroxyl groups is 1. The summed E-state index contributed by atoms with van der Waals surface area (Å²) in [5.41, 5.74) is 1.66. The number of halogens is 1. The summed E-state index contributed by atoms with van der Waals surface area (Å²) in [5, 5.41) is 12.0. The molecular weight excluding hydrogens is 400 g/mol. The van der Waals surface area contributed by atoms with Gasteiger partial charge in [0.25, 0.3) is 11.1 Å². The Kier molecular flexibility index (Phi) is 6.38. The molecule has 0 aliphatic carbocycles. The van der Waals surface area contributed by atoms with E-state index in [1.54, 1.807) is 54.6 Å². The molecule has 1 fully saturated rings. The van der Waals surface area contributed by atoms with Crippen LogP contribution in [0.4, 0.5) is 4.79 Å². The smallest absolute Gasteiger partial charge is 0.294 e. The zero-order chi connectivity index (χ0) is 20.1. The first kappa shape index (κ1) is 20.0. The minimum atomic E-state index is -0.497. The number of carbonyl (C=O) groups excluding carboxylic acids is 3. The average molecular weight is 417 g/mol. The Morgan fingerprint density at radius 1 is 1.18 bits per heavy atom. The van der Waals surface area contributed by atoms with Gasteiger partial charge in [0.15, 0.2) is 0 Å². The number of imide groups is 1. The van der Waals surface area contributed by atoms with Crippen molar-refractivity contribution in [2.24, 2.45) is 0 Å². The van der Waals surface area contributed by atoms with Gasteiger partial charge in [0.05, 0.1) is 4.91 Å². The summed E-state index contributed by atoms with van der Waals surface area (Å²) in [6.45, 7) is 0.0330. The Balaban J connectivity index is 1.54. The zero-order valence-electron chi connectivity index (χ0n) is 14.7. The molecule has 1 heterocycles. The molecule has 0 saturated carbocycles.